The third-order valence-electron chi connectivity index (χ3n) is 3.73. The number of carboxylic acids is 1. The summed E-state index contributed by atoms with van der Waals surface area (Å²) in [6.45, 7) is 0. The summed E-state index contributed by atoms with van der Waals surface area (Å²) in [6.07, 6.45) is 2.39. The third kappa shape index (κ3) is 3.40. The summed E-state index contributed by atoms with van der Waals surface area (Å²) < 4.78 is 0.834. The molecule has 0 aliphatic heterocycles. The number of carboxylic acid groups (broad SMARTS) is 1. The van der Waals surface area contributed by atoms with Crippen molar-refractivity contribution in [2.75, 3.05) is 5.32 Å². The van der Waals surface area contributed by atoms with Crippen molar-refractivity contribution in [2.24, 2.45) is 10.7 Å². The number of carbonyl (C=O) groups is 1. The van der Waals surface area contributed by atoms with Crippen LogP contribution in [0.2, 0.25) is 0 Å². The molecule has 0 saturated heterocycles. The lowest BCUT2D eigenvalue weighted by Gasteiger charge is -2.16. The molecule has 3 aromatic rings. The van der Waals surface area contributed by atoms with Crippen LogP contribution < -0.4 is 11.1 Å². The maximum atomic E-state index is 11.5. The molecule has 0 bridgehead atoms. The number of nitrogens with one attached hydrogen (secondary N) is 2. The van der Waals surface area contributed by atoms with E-state index in [0.717, 1.165) is 16.2 Å². The highest BCUT2D eigenvalue weighted by atomic mass is 79.9. The number of nitrogens with two attached hydrogens (primary N) is 1. The van der Waals surface area contributed by atoms with Gasteiger partial charge in [-0.25, -0.2) is 9.79 Å². The van der Waals surface area contributed by atoms with Gasteiger partial charge in [-0.15, -0.1) is 0 Å². The van der Waals surface area contributed by atoms with Gasteiger partial charge in [0.15, 0.2) is 0 Å². The van der Waals surface area contributed by atoms with Crippen LogP contribution in [0.1, 0.15) is 15.9 Å². The van der Waals surface area contributed by atoms with Gasteiger partial charge in [-0.3, -0.25) is 10.4 Å². The highest BCUT2D eigenvalue weighted by Gasteiger charge is 2.16. The van der Waals surface area contributed by atoms with E-state index in [2.05, 4.69) is 31.2 Å². The number of para-hydroxylation sites is 1. The maximum absolute atomic E-state index is 11.5. The fourth-order valence-electron chi connectivity index (χ4n) is 2.55. The Morgan fingerprint density at radius 1 is 1.27 bits per heavy atom. The average molecular weight is 412 g/mol. The zero-order chi connectivity index (χ0) is 18.7. The SMILES string of the molecule is N=CN=C(N)c1cnc2ccc(Br)cc2c1Nc1ccccc1C(=O)O. The predicted octanol–water partition coefficient (Wildman–Crippen LogP) is 3.75. The second-order valence-corrected chi connectivity index (χ2v) is 6.24. The highest BCUT2D eigenvalue weighted by Crippen LogP contribution is 2.32. The number of fused-ring (bicyclic) bond motifs is 1. The first kappa shape index (κ1) is 17.6. The summed E-state index contributed by atoms with van der Waals surface area (Å²) in [4.78, 5) is 19.7. The van der Waals surface area contributed by atoms with Crippen LogP contribution in [0.3, 0.4) is 0 Å². The number of aliphatic imine (C=N–C) groups is 1. The topological polar surface area (TPSA) is 124 Å². The number of benzene rings is 2. The van der Waals surface area contributed by atoms with Gasteiger partial charge in [-0.05, 0) is 30.3 Å². The van der Waals surface area contributed by atoms with E-state index in [1.165, 1.54) is 6.07 Å². The Morgan fingerprint density at radius 3 is 2.77 bits per heavy atom. The summed E-state index contributed by atoms with van der Waals surface area (Å²) in [5.41, 5.74) is 8.26. The molecule has 0 amide bonds. The smallest absolute Gasteiger partial charge is 0.337 e. The molecule has 5 N–H and O–H groups in total. The van der Waals surface area contributed by atoms with Gasteiger partial charge >= 0.3 is 5.97 Å². The molecule has 0 aliphatic rings. The molecular weight excluding hydrogens is 398 g/mol. The van der Waals surface area contributed by atoms with Crippen LogP contribution in [0.15, 0.2) is 58.1 Å². The molecule has 1 heterocycles. The largest absolute Gasteiger partial charge is 0.478 e. The number of aromatic nitrogens is 1. The number of aromatic carboxylic acids is 1. The van der Waals surface area contributed by atoms with E-state index in [1.807, 2.05) is 18.2 Å². The monoisotopic (exact) mass is 411 g/mol. The van der Waals surface area contributed by atoms with E-state index in [4.69, 9.17) is 11.1 Å². The van der Waals surface area contributed by atoms with Gasteiger partial charge in [0.25, 0.3) is 0 Å². The van der Waals surface area contributed by atoms with Gasteiger partial charge in [0.05, 0.1) is 28.0 Å². The van der Waals surface area contributed by atoms with Gasteiger partial charge in [0.1, 0.15) is 12.2 Å². The van der Waals surface area contributed by atoms with Gasteiger partial charge in [-0.1, -0.05) is 28.1 Å². The molecular formula is C18H14BrN5O2. The maximum Gasteiger partial charge on any atom is 0.337 e. The van der Waals surface area contributed by atoms with Crippen LogP contribution in [0.4, 0.5) is 11.4 Å². The lowest BCUT2D eigenvalue weighted by molar-refractivity contribution is 0.0698. The van der Waals surface area contributed by atoms with Gasteiger partial charge in [-0.2, -0.15) is 0 Å². The zero-order valence-corrected chi connectivity index (χ0v) is 15.0. The Kier molecular flexibility index (Phi) is 4.94. The minimum absolute atomic E-state index is 0.102. The lowest BCUT2D eigenvalue weighted by atomic mass is 10.1. The van der Waals surface area contributed by atoms with Crippen molar-refractivity contribution in [3.63, 3.8) is 0 Å². The van der Waals surface area contributed by atoms with Crippen molar-refractivity contribution in [3.8, 4) is 0 Å². The van der Waals surface area contributed by atoms with Gasteiger partial charge in [0, 0.05) is 16.1 Å². The molecule has 0 unspecified atom stereocenters. The number of halogens is 1. The predicted molar refractivity (Wildman–Crippen MR) is 106 cm³/mol. The van der Waals surface area contributed by atoms with Crippen LogP contribution in [-0.4, -0.2) is 28.2 Å². The summed E-state index contributed by atoms with van der Waals surface area (Å²) in [7, 11) is 0. The van der Waals surface area contributed by atoms with Crippen LogP contribution in [-0.2, 0) is 0 Å². The van der Waals surface area contributed by atoms with Crippen molar-refractivity contribution in [3.05, 3.63) is 64.3 Å². The minimum atomic E-state index is -1.05. The number of amidine groups is 1. The molecule has 0 radical (unpaired) electrons. The molecule has 130 valence electrons. The standard InChI is InChI=1S/C18H14BrN5O2/c19-10-5-6-14-12(7-10)16(13(8-22-14)17(21)23-9-20)24-15-4-2-1-3-11(15)18(25)26/h1-9H,(H,22,24)(H,25,26)(H3,20,21,23). The summed E-state index contributed by atoms with van der Waals surface area (Å²) in [5, 5.41) is 20.5. The van der Waals surface area contributed by atoms with Crippen molar-refractivity contribution in [2.45, 2.75) is 0 Å². The molecule has 0 saturated carbocycles. The second-order valence-electron chi connectivity index (χ2n) is 5.33. The van der Waals surface area contributed by atoms with E-state index in [1.54, 1.807) is 24.4 Å². The van der Waals surface area contributed by atoms with Crippen molar-refractivity contribution < 1.29 is 9.90 Å². The van der Waals surface area contributed by atoms with E-state index in [0.29, 0.717) is 22.5 Å². The first-order chi connectivity index (χ1) is 12.5. The summed E-state index contributed by atoms with van der Waals surface area (Å²) in [6, 6.07) is 12.1. The van der Waals surface area contributed by atoms with E-state index in [-0.39, 0.29) is 11.4 Å². The zero-order valence-electron chi connectivity index (χ0n) is 13.4. The summed E-state index contributed by atoms with van der Waals surface area (Å²) >= 11 is 3.43. The molecule has 8 heteroatoms. The number of pyridine rings is 1. The fourth-order valence-corrected chi connectivity index (χ4v) is 2.91. The quantitative estimate of drug-likeness (QED) is 0.375. The molecule has 2 aromatic carbocycles. The number of hydrogen-bond acceptors (Lipinski definition) is 4. The number of hydrogen-bond donors (Lipinski definition) is 4. The molecule has 3 rings (SSSR count). The third-order valence-corrected chi connectivity index (χ3v) is 4.22. The van der Waals surface area contributed by atoms with E-state index < -0.39 is 5.97 Å². The van der Waals surface area contributed by atoms with E-state index >= 15 is 0 Å². The van der Waals surface area contributed by atoms with Crippen molar-refractivity contribution in [1.29, 1.82) is 5.41 Å². The van der Waals surface area contributed by atoms with Crippen LogP contribution in [0.25, 0.3) is 10.9 Å². The normalized spacial score (nSPS) is 11.3. The van der Waals surface area contributed by atoms with E-state index in [9.17, 15) is 9.90 Å². The van der Waals surface area contributed by atoms with Crippen LogP contribution in [0, 0.1) is 5.41 Å². The minimum Gasteiger partial charge on any atom is -0.478 e. The van der Waals surface area contributed by atoms with Crippen LogP contribution >= 0.6 is 15.9 Å². The number of nitrogens with zero attached hydrogens (tertiary/aromatic N) is 2. The van der Waals surface area contributed by atoms with Crippen molar-refractivity contribution in [1.82, 2.24) is 4.98 Å². The Labute approximate surface area is 157 Å². The Hall–Kier alpha value is -3.26. The molecule has 7 nitrogen and oxygen atoms in total. The first-order valence-corrected chi connectivity index (χ1v) is 8.30. The summed E-state index contributed by atoms with van der Waals surface area (Å²) in [5.74, 6) is -0.944. The number of rotatable bonds is 5. The Morgan fingerprint density at radius 2 is 2.04 bits per heavy atom. The average Bonchev–Trinajstić information content (AvgIpc) is 2.62. The second kappa shape index (κ2) is 7.32. The first-order valence-electron chi connectivity index (χ1n) is 7.51. The molecule has 0 atom stereocenters. The van der Waals surface area contributed by atoms with Crippen molar-refractivity contribution >= 4 is 56.4 Å². The van der Waals surface area contributed by atoms with Crippen LogP contribution in [0.5, 0.6) is 0 Å². The number of anilines is 2. The molecule has 1 aromatic heterocycles. The Balaban J connectivity index is 2.27. The Bertz CT molecular complexity index is 1050. The van der Waals surface area contributed by atoms with Gasteiger partial charge in [0.2, 0.25) is 0 Å². The molecule has 0 spiro atoms. The highest BCUT2D eigenvalue weighted by molar-refractivity contribution is 9.10. The van der Waals surface area contributed by atoms with Gasteiger partial charge < -0.3 is 16.2 Å². The molecule has 26 heavy (non-hydrogen) atoms. The fraction of sp³-hybridized carbons (Fsp3) is 0. The molecule has 0 aliphatic carbocycles. The molecule has 0 fully saturated rings. The lowest BCUT2D eigenvalue weighted by Crippen LogP contribution is -2.16.